The molecule has 0 aromatic carbocycles. The minimum Gasteiger partial charge on any atom is -0.390 e. The zero-order valence-electron chi connectivity index (χ0n) is 16.3. The Labute approximate surface area is 154 Å². The van der Waals surface area contributed by atoms with E-state index in [2.05, 4.69) is 12.2 Å². The Kier molecular flexibility index (Phi) is 6.99. The summed E-state index contributed by atoms with van der Waals surface area (Å²) in [7, 11) is 0. The summed E-state index contributed by atoms with van der Waals surface area (Å²) >= 11 is 0. The van der Waals surface area contributed by atoms with Crippen molar-refractivity contribution in [1.29, 1.82) is 0 Å². The Morgan fingerprint density at radius 2 is 1.72 bits per heavy atom. The maximum atomic E-state index is 10.2. The van der Waals surface area contributed by atoms with Crippen LogP contribution < -0.4 is 0 Å². The standard InChI is InChI=1S/C22H38O3/c1-22(2)24-16-21(25-22)20(23)11-9-7-5-3-4-6-8-10-18-14-17-12-13-19(18)15-17/h12-13,17-21,23H,3-11,14-16H2,1-2H3. The predicted molar refractivity (Wildman–Crippen MR) is 101 cm³/mol. The SMILES string of the molecule is CC1(C)OCC(C(O)CCCCCCCCCC2CC3C=CC2C3)O1. The quantitative estimate of drug-likeness (QED) is 0.410. The van der Waals surface area contributed by atoms with Crippen molar-refractivity contribution in [1.82, 2.24) is 0 Å². The minimum absolute atomic E-state index is 0.143. The number of aliphatic hydroxyl groups excluding tert-OH is 1. The van der Waals surface area contributed by atoms with Crippen molar-refractivity contribution in [2.45, 2.75) is 102 Å². The van der Waals surface area contributed by atoms with Crippen molar-refractivity contribution in [2.24, 2.45) is 17.8 Å². The van der Waals surface area contributed by atoms with Crippen LogP contribution in [0, 0.1) is 17.8 Å². The molecule has 0 amide bonds. The van der Waals surface area contributed by atoms with Crippen LogP contribution in [0.15, 0.2) is 12.2 Å². The first-order valence-corrected chi connectivity index (χ1v) is 10.7. The van der Waals surface area contributed by atoms with Gasteiger partial charge in [-0.3, -0.25) is 0 Å². The van der Waals surface area contributed by atoms with Crippen molar-refractivity contribution in [2.75, 3.05) is 6.61 Å². The normalized spacial score (nSPS) is 34.0. The molecule has 0 spiro atoms. The lowest BCUT2D eigenvalue weighted by atomic mass is 9.88. The highest BCUT2D eigenvalue weighted by molar-refractivity contribution is 5.09. The number of ether oxygens (including phenoxy) is 2. The molecule has 0 aromatic rings. The number of fused-ring (bicyclic) bond motifs is 2. The van der Waals surface area contributed by atoms with Gasteiger partial charge in [-0.25, -0.2) is 0 Å². The molecule has 5 atom stereocenters. The second-order valence-electron chi connectivity index (χ2n) is 9.03. The molecule has 3 heteroatoms. The zero-order chi connectivity index (χ0) is 17.7. The minimum atomic E-state index is -0.528. The number of hydrogen-bond acceptors (Lipinski definition) is 3. The molecule has 3 aliphatic rings. The second kappa shape index (κ2) is 9.01. The Bertz CT molecular complexity index is 431. The molecule has 3 nitrogen and oxygen atoms in total. The molecule has 5 unspecified atom stereocenters. The first-order valence-electron chi connectivity index (χ1n) is 10.7. The van der Waals surface area contributed by atoms with E-state index < -0.39 is 5.79 Å². The molecule has 144 valence electrons. The van der Waals surface area contributed by atoms with Crippen LogP contribution in [0.3, 0.4) is 0 Å². The fraction of sp³-hybridized carbons (Fsp3) is 0.909. The number of hydrogen-bond donors (Lipinski definition) is 1. The lowest BCUT2D eigenvalue weighted by Crippen LogP contribution is -2.30. The number of allylic oxidation sites excluding steroid dienone is 2. The van der Waals surface area contributed by atoms with E-state index in [4.69, 9.17) is 9.47 Å². The lowest BCUT2D eigenvalue weighted by Gasteiger charge is -2.20. The summed E-state index contributed by atoms with van der Waals surface area (Å²) < 4.78 is 11.2. The maximum Gasteiger partial charge on any atom is 0.163 e. The molecule has 1 heterocycles. The van der Waals surface area contributed by atoms with E-state index in [1.807, 2.05) is 13.8 Å². The van der Waals surface area contributed by atoms with Crippen molar-refractivity contribution < 1.29 is 14.6 Å². The lowest BCUT2D eigenvalue weighted by molar-refractivity contribution is -0.151. The number of aliphatic hydroxyl groups is 1. The summed E-state index contributed by atoms with van der Waals surface area (Å²) in [5, 5.41) is 10.2. The molecular weight excluding hydrogens is 312 g/mol. The Morgan fingerprint density at radius 3 is 2.32 bits per heavy atom. The van der Waals surface area contributed by atoms with Gasteiger partial charge in [-0.05, 0) is 57.3 Å². The smallest absolute Gasteiger partial charge is 0.163 e. The summed E-state index contributed by atoms with van der Waals surface area (Å²) in [4.78, 5) is 0. The molecule has 2 aliphatic carbocycles. The van der Waals surface area contributed by atoms with Crippen LogP contribution in [0.25, 0.3) is 0 Å². The summed E-state index contributed by atoms with van der Waals surface area (Å²) in [6.45, 7) is 4.34. The van der Waals surface area contributed by atoms with Gasteiger partial charge >= 0.3 is 0 Å². The molecule has 1 saturated heterocycles. The summed E-state index contributed by atoms with van der Waals surface area (Å²) in [6.07, 6.45) is 18.8. The van der Waals surface area contributed by atoms with Crippen LogP contribution in [0.2, 0.25) is 0 Å². The molecule has 0 radical (unpaired) electrons. The third-order valence-electron chi connectivity index (χ3n) is 6.45. The average Bonchev–Trinajstić information content (AvgIpc) is 3.28. The van der Waals surface area contributed by atoms with Gasteiger partial charge in [0.2, 0.25) is 0 Å². The fourth-order valence-electron chi connectivity index (χ4n) is 4.96. The van der Waals surface area contributed by atoms with Crippen LogP contribution in [0.1, 0.15) is 84.5 Å². The molecule has 1 aliphatic heterocycles. The number of unbranched alkanes of at least 4 members (excludes halogenated alkanes) is 6. The van der Waals surface area contributed by atoms with Gasteiger partial charge in [0.05, 0.1) is 12.7 Å². The van der Waals surface area contributed by atoms with Gasteiger partial charge < -0.3 is 14.6 Å². The van der Waals surface area contributed by atoms with E-state index in [1.165, 1.54) is 57.8 Å². The first-order chi connectivity index (χ1) is 12.0. The molecule has 25 heavy (non-hydrogen) atoms. The Balaban J connectivity index is 1.12. The van der Waals surface area contributed by atoms with Crippen LogP contribution in [-0.2, 0) is 9.47 Å². The predicted octanol–water partition coefficient (Wildman–Crippen LogP) is 5.22. The third-order valence-corrected chi connectivity index (χ3v) is 6.45. The van der Waals surface area contributed by atoms with Crippen molar-refractivity contribution in [3.05, 3.63) is 12.2 Å². The maximum absolute atomic E-state index is 10.2. The van der Waals surface area contributed by atoms with E-state index in [1.54, 1.807) is 0 Å². The van der Waals surface area contributed by atoms with Crippen molar-refractivity contribution in [3.63, 3.8) is 0 Å². The van der Waals surface area contributed by atoms with Gasteiger partial charge in [0, 0.05) is 0 Å². The molecule has 0 aromatic heterocycles. The summed E-state index contributed by atoms with van der Waals surface area (Å²) in [5.41, 5.74) is 0. The third kappa shape index (κ3) is 5.80. The summed E-state index contributed by atoms with van der Waals surface area (Å²) in [5.74, 6) is 2.33. The van der Waals surface area contributed by atoms with E-state index >= 15 is 0 Å². The highest BCUT2D eigenvalue weighted by Gasteiger charge is 2.36. The zero-order valence-corrected chi connectivity index (χ0v) is 16.3. The number of rotatable bonds is 11. The van der Waals surface area contributed by atoms with E-state index in [9.17, 15) is 5.11 Å². The van der Waals surface area contributed by atoms with Crippen LogP contribution >= 0.6 is 0 Å². The van der Waals surface area contributed by atoms with Crippen molar-refractivity contribution >= 4 is 0 Å². The second-order valence-corrected chi connectivity index (χ2v) is 9.03. The Hall–Kier alpha value is -0.380. The van der Waals surface area contributed by atoms with Crippen LogP contribution in [0.4, 0.5) is 0 Å². The van der Waals surface area contributed by atoms with Gasteiger partial charge in [0.25, 0.3) is 0 Å². The largest absolute Gasteiger partial charge is 0.390 e. The van der Waals surface area contributed by atoms with Gasteiger partial charge in [-0.2, -0.15) is 0 Å². The summed E-state index contributed by atoms with van der Waals surface area (Å²) in [6, 6.07) is 0. The molecule has 3 rings (SSSR count). The molecular formula is C22H38O3. The fourth-order valence-corrected chi connectivity index (χ4v) is 4.96. The van der Waals surface area contributed by atoms with Crippen molar-refractivity contribution in [3.8, 4) is 0 Å². The van der Waals surface area contributed by atoms with E-state index in [0.717, 1.165) is 30.6 Å². The molecule has 1 N–H and O–H groups in total. The highest BCUT2D eigenvalue weighted by Crippen LogP contribution is 2.45. The van der Waals surface area contributed by atoms with Gasteiger partial charge in [-0.1, -0.05) is 57.1 Å². The van der Waals surface area contributed by atoms with Gasteiger partial charge in [-0.15, -0.1) is 0 Å². The topological polar surface area (TPSA) is 38.7 Å². The highest BCUT2D eigenvalue weighted by atomic mass is 16.7. The van der Waals surface area contributed by atoms with E-state index in [0.29, 0.717) is 6.61 Å². The molecule has 1 saturated carbocycles. The monoisotopic (exact) mass is 350 g/mol. The van der Waals surface area contributed by atoms with Crippen LogP contribution in [-0.4, -0.2) is 29.7 Å². The van der Waals surface area contributed by atoms with Gasteiger partial charge in [0.15, 0.2) is 5.79 Å². The average molecular weight is 351 g/mol. The van der Waals surface area contributed by atoms with E-state index in [-0.39, 0.29) is 12.2 Å². The molecule has 2 bridgehead atoms. The first kappa shape index (κ1) is 19.4. The Morgan fingerprint density at radius 1 is 1.00 bits per heavy atom. The van der Waals surface area contributed by atoms with Gasteiger partial charge in [0.1, 0.15) is 6.10 Å². The molecule has 2 fully saturated rings. The van der Waals surface area contributed by atoms with Crippen LogP contribution in [0.5, 0.6) is 0 Å².